The maximum absolute atomic E-state index is 6.08. The molecule has 0 bridgehead atoms. The molecule has 0 saturated heterocycles. The van der Waals surface area contributed by atoms with E-state index in [1.807, 2.05) is 32.0 Å². The van der Waals surface area contributed by atoms with Crippen LogP contribution in [-0.2, 0) is 6.42 Å². The van der Waals surface area contributed by atoms with E-state index in [0.717, 1.165) is 17.8 Å². The molecule has 2 rings (SSSR count). The first-order chi connectivity index (χ1) is 8.58. The van der Waals surface area contributed by atoms with Crippen molar-refractivity contribution in [3.8, 4) is 11.6 Å². The molecule has 1 aromatic carbocycles. The average molecular weight is 328 g/mol. The number of hydrogen-bond acceptors (Lipinski definition) is 3. The van der Waals surface area contributed by atoms with Gasteiger partial charge in [-0.3, -0.25) is 0 Å². The van der Waals surface area contributed by atoms with E-state index >= 15 is 0 Å². The van der Waals surface area contributed by atoms with E-state index in [4.69, 9.17) is 16.3 Å². The summed E-state index contributed by atoms with van der Waals surface area (Å²) in [4.78, 5) is 8.52. The lowest BCUT2D eigenvalue weighted by atomic mass is 10.2. The first-order valence-corrected chi connectivity index (χ1v) is 6.73. The third kappa shape index (κ3) is 3.21. The predicted octanol–water partition coefficient (Wildman–Crippen LogP) is 4.56. The van der Waals surface area contributed by atoms with Crippen LogP contribution in [0, 0.1) is 6.92 Å². The van der Waals surface area contributed by atoms with Crippen molar-refractivity contribution in [2.45, 2.75) is 20.3 Å². The summed E-state index contributed by atoms with van der Waals surface area (Å²) in [5, 5.41) is 0.563. The van der Waals surface area contributed by atoms with E-state index in [1.54, 1.807) is 6.07 Å². The molecule has 2 aromatic rings. The van der Waals surface area contributed by atoms with Crippen molar-refractivity contribution >= 4 is 27.5 Å². The van der Waals surface area contributed by atoms with Crippen molar-refractivity contribution in [2.24, 2.45) is 0 Å². The molecule has 0 fully saturated rings. The van der Waals surface area contributed by atoms with Gasteiger partial charge in [-0.15, -0.1) is 0 Å². The van der Waals surface area contributed by atoms with Gasteiger partial charge in [-0.1, -0.05) is 24.6 Å². The highest BCUT2D eigenvalue weighted by atomic mass is 79.9. The average Bonchev–Trinajstić information content (AvgIpc) is 2.33. The van der Waals surface area contributed by atoms with Gasteiger partial charge in [0.25, 0.3) is 0 Å². The number of aromatic nitrogens is 2. The number of hydrogen-bond donors (Lipinski definition) is 0. The Morgan fingerprint density at radius 3 is 2.78 bits per heavy atom. The van der Waals surface area contributed by atoms with Crippen LogP contribution in [0.5, 0.6) is 11.6 Å². The van der Waals surface area contributed by atoms with Gasteiger partial charge in [-0.2, -0.15) is 4.98 Å². The minimum atomic E-state index is 0.487. The van der Waals surface area contributed by atoms with E-state index in [2.05, 4.69) is 25.9 Å². The van der Waals surface area contributed by atoms with Gasteiger partial charge in [0, 0.05) is 12.5 Å². The van der Waals surface area contributed by atoms with Gasteiger partial charge in [-0.25, -0.2) is 4.98 Å². The largest absolute Gasteiger partial charge is 0.437 e. The van der Waals surface area contributed by atoms with Crippen molar-refractivity contribution < 1.29 is 4.74 Å². The van der Waals surface area contributed by atoms with E-state index in [0.29, 0.717) is 21.3 Å². The maximum atomic E-state index is 6.08. The second kappa shape index (κ2) is 5.67. The van der Waals surface area contributed by atoms with Crippen LogP contribution in [-0.4, -0.2) is 9.97 Å². The molecule has 1 aromatic heterocycles. The van der Waals surface area contributed by atoms with Gasteiger partial charge in [0.2, 0.25) is 5.88 Å². The monoisotopic (exact) mass is 326 g/mol. The van der Waals surface area contributed by atoms with Gasteiger partial charge in [0.15, 0.2) is 0 Å². The maximum Gasteiger partial charge on any atom is 0.223 e. The smallest absolute Gasteiger partial charge is 0.223 e. The second-order valence-corrected chi connectivity index (χ2v) is 5.05. The third-order valence-electron chi connectivity index (χ3n) is 2.34. The van der Waals surface area contributed by atoms with Crippen molar-refractivity contribution in [1.82, 2.24) is 9.97 Å². The fourth-order valence-corrected chi connectivity index (χ4v) is 2.01. The number of aryl methyl sites for hydroxylation is 2. The third-order valence-corrected chi connectivity index (χ3v) is 3.05. The minimum absolute atomic E-state index is 0.487. The number of ether oxygens (including phenoxy) is 1. The predicted molar refractivity (Wildman–Crippen MR) is 75.4 cm³/mol. The van der Waals surface area contributed by atoms with Gasteiger partial charge >= 0.3 is 0 Å². The Hall–Kier alpha value is -1.13. The Labute approximate surface area is 119 Å². The molecule has 5 heteroatoms. The molecular weight excluding hydrogens is 316 g/mol. The molecular formula is C13H12BrClN2O. The van der Waals surface area contributed by atoms with E-state index < -0.39 is 0 Å². The lowest BCUT2D eigenvalue weighted by Crippen LogP contribution is -1.97. The second-order valence-electron chi connectivity index (χ2n) is 3.83. The fourth-order valence-electron chi connectivity index (χ4n) is 1.45. The lowest BCUT2D eigenvalue weighted by molar-refractivity contribution is 0.458. The molecule has 3 nitrogen and oxygen atoms in total. The Morgan fingerprint density at radius 1 is 1.28 bits per heavy atom. The number of rotatable bonds is 3. The Bertz CT molecular complexity index is 575. The molecule has 0 spiro atoms. The van der Waals surface area contributed by atoms with Crippen LogP contribution in [0.25, 0.3) is 0 Å². The summed E-state index contributed by atoms with van der Waals surface area (Å²) in [7, 11) is 0. The van der Waals surface area contributed by atoms with Crippen LogP contribution < -0.4 is 4.74 Å². The zero-order valence-electron chi connectivity index (χ0n) is 10.1. The van der Waals surface area contributed by atoms with Crippen LogP contribution in [0.2, 0.25) is 5.02 Å². The summed E-state index contributed by atoms with van der Waals surface area (Å²) < 4.78 is 6.40. The minimum Gasteiger partial charge on any atom is -0.437 e. The Balaban J connectivity index is 2.33. The van der Waals surface area contributed by atoms with Gasteiger partial charge < -0.3 is 4.74 Å². The van der Waals surface area contributed by atoms with Crippen LogP contribution in [0.15, 0.2) is 28.9 Å². The van der Waals surface area contributed by atoms with Gasteiger partial charge in [0.05, 0.1) is 5.02 Å². The standard InChI is InChI=1S/C13H12BrClN2O/c1-3-12-16-11(14)7-13(17-12)18-10-6-8(2)4-5-9(10)15/h4-7H,3H2,1-2H3. The molecule has 18 heavy (non-hydrogen) atoms. The molecule has 0 N–H and O–H groups in total. The summed E-state index contributed by atoms with van der Waals surface area (Å²) in [6.07, 6.45) is 0.747. The van der Waals surface area contributed by atoms with E-state index in [1.165, 1.54) is 0 Å². The molecule has 0 unspecified atom stereocenters. The Morgan fingerprint density at radius 2 is 2.06 bits per heavy atom. The molecule has 0 aliphatic rings. The summed E-state index contributed by atoms with van der Waals surface area (Å²) in [5.41, 5.74) is 1.08. The highest BCUT2D eigenvalue weighted by molar-refractivity contribution is 9.10. The zero-order valence-corrected chi connectivity index (χ0v) is 12.4. The highest BCUT2D eigenvalue weighted by Crippen LogP contribution is 2.30. The highest BCUT2D eigenvalue weighted by Gasteiger charge is 2.07. The van der Waals surface area contributed by atoms with E-state index in [-0.39, 0.29) is 0 Å². The van der Waals surface area contributed by atoms with E-state index in [9.17, 15) is 0 Å². The molecule has 0 saturated carbocycles. The fraction of sp³-hybridized carbons (Fsp3) is 0.231. The number of nitrogens with zero attached hydrogens (tertiary/aromatic N) is 2. The van der Waals surface area contributed by atoms with Gasteiger partial charge in [0.1, 0.15) is 16.2 Å². The molecule has 0 radical (unpaired) electrons. The normalized spacial score (nSPS) is 10.4. The molecule has 0 aliphatic carbocycles. The lowest BCUT2D eigenvalue weighted by Gasteiger charge is -2.08. The molecule has 0 atom stereocenters. The zero-order chi connectivity index (χ0) is 13.1. The van der Waals surface area contributed by atoms with Crippen molar-refractivity contribution in [3.05, 3.63) is 45.3 Å². The Kier molecular flexibility index (Phi) is 4.19. The van der Waals surface area contributed by atoms with Crippen molar-refractivity contribution in [2.75, 3.05) is 0 Å². The summed E-state index contributed by atoms with van der Waals surface area (Å²) in [6, 6.07) is 7.34. The summed E-state index contributed by atoms with van der Waals surface area (Å²) in [5.74, 6) is 1.81. The summed E-state index contributed by atoms with van der Waals surface area (Å²) >= 11 is 9.42. The molecule has 94 valence electrons. The number of halogens is 2. The number of benzene rings is 1. The molecule has 0 amide bonds. The quantitative estimate of drug-likeness (QED) is 0.775. The molecule has 0 aliphatic heterocycles. The topological polar surface area (TPSA) is 35.0 Å². The first kappa shape index (κ1) is 13.3. The SMILES string of the molecule is CCc1nc(Br)cc(Oc2cc(C)ccc2Cl)n1. The van der Waals surface area contributed by atoms with Crippen molar-refractivity contribution in [3.63, 3.8) is 0 Å². The van der Waals surface area contributed by atoms with Crippen LogP contribution in [0.3, 0.4) is 0 Å². The molecule has 1 heterocycles. The van der Waals surface area contributed by atoms with Crippen LogP contribution >= 0.6 is 27.5 Å². The van der Waals surface area contributed by atoms with Gasteiger partial charge in [-0.05, 0) is 40.5 Å². The van der Waals surface area contributed by atoms with Crippen LogP contribution in [0.4, 0.5) is 0 Å². The van der Waals surface area contributed by atoms with Crippen LogP contribution in [0.1, 0.15) is 18.3 Å². The first-order valence-electron chi connectivity index (χ1n) is 5.56. The van der Waals surface area contributed by atoms with Crippen molar-refractivity contribution in [1.29, 1.82) is 0 Å². The summed E-state index contributed by atoms with van der Waals surface area (Å²) in [6.45, 7) is 3.97.